The second-order valence-electron chi connectivity index (χ2n) is 8.37. The van der Waals surface area contributed by atoms with E-state index in [9.17, 15) is 13.2 Å². The highest BCUT2D eigenvalue weighted by molar-refractivity contribution is 7.89. The molecule has 1 aromatic heterocycles. The highest BCUT2D eigenvalue weighted by Crippen LogP contribution is 2.26. The van der Waals surface area contributed by atoms with Gasteiger partial charge in [0.25, 0.3) is 0 Å². The van der Waals surface area contributed by atoms with Crippen LogP contribution in [0.15, 0.2) is 47.4 Å². The molecular formula is C23H29N5O3S. The second kappa shape index (κ2) is 9.38. The highest BCUT2D eigenvalue weighted by atomic mass is 32.2. The van der Waals surface area contributed by atoms with E-state index in [-0.39, 0.29) is 23.3 Å². The molecule has 1 fully saturated rings. The fourth-order valence-corrected chi connectivity index (χ4v) is 5.60. The fraction of sp³-hybridized carbons (Fsp3) is 0.435. The number of piperidine rings is 1. The zero-order chi connectivity index (χ0) is 22.7. The number of hydrogen-bond acceptors (Lipinski definition) is 5. The molecule has 0 saturated carbocycles. The fourth-order valence-electron chi connectivity index (χ4n) is 4.05. The summed E-state index contributed by atoms with van der Waals surface area (Å²) in [5.41, 5.74) is 3.56. The Morgan fingerprint density at radius 2 is 1.97 bits per heavy atom. The van der Waals surface area contributed by atoms with E-state index in [0.717, 1.165) is 24.0 Å². The smallest absolute Gasteiger partial charge is 0.243 e. The molecule has 0 bridgehead atoms. The Balaban J connectivity index is 1.45. The summed E-state index contributed by atoms with van der Waals surface area (Å²) in [7, 11) is -3.72. The van der Waals surface area contributed by atoms with Crippen molar-refractivity contribution in [2.75, 3.05) is 13.1 Å². The number of carbonyl (C=O) groups is 1. The Hall–Kier alpha value is -2.78. The molecule has 0 radical (unpaired) electrons. The summed E-state index contributed by atoms with van der Waals surface area (Å²) < 4.78 is 29.8. The summed E-state index contributed by atoms with van der Waals surface area (Å²) in [6.07, 6.45) is 2.24. The van der Waals surface area contributed by atoms with Crippen LogP contribution in [0.2, 0.25) is 0 Å². The van der Waals surface area contributed by atoms with Crippen molar-refractivity contribution in [2.24, 2.45) is 5.92 Å². The normalized spacial score (nSPS) is 17.5. The first kappa shape index (κ1) is 22.4. The van der Waals surface area contributed by atoms with Gasteiger partial charge in [-0.15, -0.1) is 5.10 Å². The van der Waals surface area contributed by atoms with Crippen molar-refractivity contribution in [2.45, 2.75) is 51.1 Å². The molecule has 3 aromatic rings. The summed E-state index contributed by atoms with van der Waals surface area (Å²) in [5.74, 6) is -0.471. The predicted molar refractivity (Wildman–Crippen MR) is 122 cm³/mol. The Morgan fingerprint density at radius 3 is 2.72 bits per heavy atom. The van der Waals surface area contributed by atoms with Gasteiger partial charge >= 0.3 is 0 Å². The van der Waals surface area contributed by atoms with Crippen molar-refractivity contribution in [3.8, 4) is 0 Å². The van der Waals surface area contributed by atoms with Crippen LogP contribution >= 0.6 is 0 Å². The second-order valence-corrected chi connectivity index (χ2v) is 10.3. The summed E-state index contributed by atoms with van der Waals surface area (Å²) in [5, 5.41) is 11.2. The van der Waals surface area contributed by atoms with Crippen molar-refractivity contribution in [1.29, 1.82) is 0 Å². The number of amides is 1. The van der Waals surface area contributed by atoms with Gasteiger partial charge in [0.15, 0.2) is 0 Å². The third-order valence-corrected chi connectivity index (χ3v) is 7.76. The molecule has 1 atom stereocenters. The van der Waals surface area contributed by atoms with Gasteiger partial charge in [0.2, 0.25) is 15.9 Å². The van der Waals surface area contributed by atoms with Gasteiger partial charge in [0.05, 0.1) is 16.3 Å². The Labute approximate surface area is 188 Å². The number of benzene rings is 2. The van der Waals surface area contributed by atoms with Gasteiger partial charge in [0, 0.05) is 26.2 Å². The molecule has 1 amide bonds. The van der Waals surface area contributed by atoms with Crippen LogP contribution in [0, 0.1) is 12.8 Å². The van der Waals surface area contributed by atoms with Gasteiger partial charge in [0.1, 0.15) is 5.52 Å². The van der Waals surface area contributed by atoms with E-state index in [4.69, 9.17) is 0 Å². The molecule has 8 nitrogen and oxygen atoms in total. The third-order valence-electron chi connectivity index (χ3n) is 5.90. The molecule has 0 spiro atoms. The van der Waals surface area contributed by atoms with Crippen LogP contribution in [-0.2, 0) is 27.9 Å². The first-order chi connectivity index (χ1) is 15.4. The van der Waals surface area contributed by atoms with Crippen LogP contribution in [0.5, 0.6) is 0 Å². The predicted octanol–water partition coefficient (Wildman–Crippen LogP) is 2.87. The van der Waals surface area contributed by atoms with Crippen LogP contribution in [0.4, 0.5) is 0 Å². The molecule has 1 saturated heterocycles. The molecule has 9 heteroatoms. The maximum absolute atomic E-state index is 13.3. The Kier molecular flexibility index (Phi) is 6.57. The molecule has 4 rings (SSSR count). The first-order valence-corrected chi connectivity index (χ1v) is 12.5. The number of sulfonamides is 1. The number of hydrogen-bond donors (Lipinski definition) is 1. The number of nitrogens with zero attached hydrogens (tertiary/aromatic N) is 4. The van der Waals surface area contributed by atoms with Crippen LogP contribution in [0.3, 0.4) is 0 Å². The zero-order valence-corrected chi connectivity index (χ0v) is 19.3. The summed E-state index contributed by atoms with van der Waals surface area (Å²) in [4.78, 5) is 12.9. The number of aromatic nitrogens is 3. The minimum Gasteiger partial charge on any atom is -0.352 e. The van der Waals surface area contributed by atoms with Gasteiger partial charge < -0.3 is 5.32 Å². The van der Waals surface area contributed by atoms with Gasteiger partial charge in [-0.05, 0) is 49.9 Å². The van der Waals surface area contributed by atoms with Crippen molar-refractivity contribution in [3.63, 3.8) is 0 Å². The monoisotopic (exact) mass is 455 g/mol. The quantitative estimate of drug-likeness (QED) is 0.591. The summed E-state index contributed by atoms with van der Waals surface area (Å²) in [6.45, 7) is 5.83. The van der Waals surface area contributed by atoms with Crippen LogP contribution in [-0.4, -0.2) is 46.7 Å². The molecule has 170 valence electrons. The molecule has 1 aliphatic rings. The minimum absolute atomic E-state index is 0.108. The molecule has 1 unspecified atom stereocenters. The molecule has 2 aromatic carbocycles. The van der Waals surface area contributed by atoms with Gasteiger partial charge in [-0.25, -0.2) is 13.1 Å². The van der Waals surface area contributed by atoms with E-state index in [0.29, 0.717) is 31.4 Å². The van der Waals surface area contributed by atoms with Gasteiger partial charge in [-0.2, -0.15) is 4.31 Å². The molecule has 0 aliphatic carbocycles. The van der Waals surface area contributed by atoms with Crippen LogP contribution < -0.4 is 5.32 Å². The van der Waals surface area contributed by atoms with Crippen molar-refractivity contribution < 1.29 is 13.2 Å². The lowest BCUT2D eigenvalue weighted by Crippen LogP contribution is -2.45. The SMILES string of the molecule is CCCn1nnc2cc(S(=O)(=O)N3CCCC(C(=O)NCc4ccc(C)cc4)C3)ccc21. The standard InChI is InChI=1S/C23H29N5O3S/c1-3-12-28-22-11-10-20(14-21(22)25-26-28)32(30,31)27-13-4-5-19(16-27)23(29)24-15-18-8-6-17(2)7-9-18/h6-11,14,19H,3-5,12-13,15-16H2,1-2H3,(H,24,29). The lowest BCUT2D eigenvalue weighted by Gasteiger charge is -2.31. The minimum atomic E-state index is -3.72. The summed E-state index contributed by atoms with van der Waals surface area (Å²) >= 11 is 0. The maximum atomic E-state index is 13.3. The van der Waals surface area contributed by atoms with Crippen molar-refractivity contribution >= 4 is 27.0 Å². The van der Waals surface area contributed by atoms with Crippen LogP contribution in [0.25, 0.3) is 11.0 Å². The average molecular weight is 456 g/mol. The largest absolute Gasteiger partial charge is 0.352 e. The Bertz CT molecular complexity index is 1200. The molecule has 1 N–H and O–H groups in total. The number of aryl methyl sites for hydroxylation is 2. The topological polar surface area (TPSA) is 97.2 Å². The van der Waals surface area contributed by atoms with E-state index in [1.165, 1.54) is 9.87 Å². The van der Waals surface area contributed by atoms with E-state index in [1.54, 1.807) is 22.9 Å². The van der Waals surface area contributed by atoms with E-state index in [2.05, 4.69) is 22.6 Å². The zero-order valence-electron chi connectivity index (χ0n) is 18.5. The molecular weight excluding hydrogens is 426 g/mol. The first-order valence-electron chi connectivity index (χ1n) is 11.0. The number of nitrogens with one attached hydrogen (secondary N) is 1. The molecule has 2 heterocycles. The third kappa shape index (κ3) is 4.68. The Morgan fingerprint density at radius 1 is 1.19 bits per heavy atom. The number of rotatable bonds is 7. The van der Waals surface area contributed by atoms with Gasteiger partial charge in [-0.1, -0.05) is 42.0 Å². The lowest BCUT2D eigenvalue weighted by atomic mass is 9.98. The van der Waals surface area contributed by atoms with Gasteiger partial charge in [-0.3, -0.25) is 4.79 Å². The number of carbonyl (C=O) groups excluding carboxylic acids is 1. The number of fused-ring (bicyclic) bond motifs is 1. The average Bonchev–Trinajstić information content (AvgIpc) is 3.21. The van der Waals surface area contributed by atoms with Crippen molar-refractivity contribution in [3.05, 3.63) is 53.6 Å². The van der Waals surface area contributed by atoms with Crippen molar-refractivity contribution in [1.82, 2.24) is 24.6 Å². The van der Waals surface area contributed by atoms with E-state index >= 15 is 0 Å². The molecule has 32 heavy (non-hydrogen) atoms. The lowest BCUT2D eigenvalue weighted by molar-refractivity contribution is -0.126. The van der Waals surface area contributed by atoms with Crippen LogP contribution in [0.1, 0.15) is 37.3 Å². The highest BCUT2D eigenvalue weighted by Gasteiger charge is 2.33. The van der Waals surface area contributed by atoms with E-state index < -0.39 is 10.0 Å². The maximum Gasteiger partial charge on any atom is 0.243 e. The van der Waals surface area contributed by atoms with E-state index in [1.807, 2.05) is 31.2 Å². The molecule has 1 aliphatic heterocycles. The summed E-state index contributed by atoms with van der Waals surface area (Å²) in [6, 6.07) is 12.9.